The molecule has 0 spiro atoms. The van der Waals surface area contributed by atoms with Crippen LogP contribution >= 0.6 is 12.2 Å². The summed E-state index contributed by atoms with van der Waals surface area (Å²) < 4.78 is 10.9. The SMILES string of the molecule is CCOc1ccc(/C=C2\C(=O)NC(=S)N(c3ccc(C(C)C)cc3)C2=O)cc1OC. The van der Waals surface area contributed by atoms with Crippen molar-refractivity contribution < 1.29 is 19.1 Å². The van der Waals surface area contributed by atoms with Gasteiger partial charge in [-0.1, -0.05) is 32.0 Å². The van der Waals surface area contributed by atoms with Crippen LogP contribution < -0.4 is 19.7 Å². The van der Waals surface area contributed by atoms with Crippen LogP contribution in [0, 0.1) is 0 Å². The van der Waals surface area contributed by atoms with Crippen molar-refractivity contribution in [3.63, 3.8) is 0 Å². The number of thiocarbonyl (C=S) groups is 1. The number of ether oxygens (including phenoxy) is 2. The molecule has 0 unspecified atom stereocenters. The fourth-order valence-corrected chi connectivity index (χ4v) is 3.40. The lowest BCUT2D eigenvalue weighted by Crippen LogP contribution is -2.54. The van der Waals surface area contributed by atoms with Crippen LogP contribution in [0.15, 0.2) is 48.0 Å². The molecule has 0 aromatic heterocycles. The third-order valence-electron chi connectivity index (χ3n) is 4.72. The number of hydrogen-bond donors (Lipinski definition) is 1. The van der Waals surface area contributed by atoms with Gasteiger partial charge in [-0.25, -0.2) is 0 Å². The van der Waals surface area contributed by atoms with E-state index in [0.717, 1.165) is 5.56 Å². The Kier molecular flexibility index (Phi) is 6.52. The van der Waals surface area contributed by atoms with Crippen molar-refractivity contribution in [2.75, 3.05) is 18.6 Å². The molecule has 0 atom stereocenters. The van der Waals surface area contributed by atoms with Crippen molar-refractivity contribution in [1.82, 2.24) is 5.32 Å². The van der Waals surface area contributed by atoms with Crippen molar-refractivity contribution in [2.45, 2.75) is 26.7 Å². The van der Waals surface area contributed by atoms with E-state index in [1.54, 1.807) is 18.2 Å². The second kappa shape index (κ2) is 9.09. The van der Waals surface area contributed by atoms with Crippen LogP contribution in [0.2, 0.25) is 0 Å². The molecule has 2 amide bonds. The molecule has 30 heavy (non-hydrogen) atoms. The minimum Gasteiger partial charge on any atom is -0.493 e. The number of benzene rings is 2. The standard InChI is InChI=1S/C23H24N2O4S/c1-5-29-19-11-6-15(13-20(19)28-4)12-18-21(26)24-23(30)25(22(18)27)17-9-7-16(8-10-17)14(2)3/h6-14H,5H2,1-4H3,(H,24,26,30)/b18-12+. The summed E-state index contributed by atoms with van der Waals surface area (Å²) in [5.74, 6) is 0.468. The number of anilines is 1. The third kappa shape index (κ3) is 4.36. The molecule has 0 saturated carbocycles. The molecule has 3 rings (SSSR count). The van der Waals surface area contributed by atoms with Crippen LogP contribution in [0.5, 0.6) is 11.5 Å². The van der Waals surface area contributed by atoms with Crippen LogP contribution in [0.3, 0.4) is 0 Å². The van der Waals surface area contributed by atoms with E-state index in [2.05, 4.69) is 19.2 Å². The normalized spacial score (nSPS) is 15.6. The molecule has 1 N–H and O–H groups in total. The van der Waals surface area contributed by atoms with Gasteiger partial charge in [0.15, 0.2) is 16.6 Å². The van der Waals surface area contributed by atoms with Gasteiger partial charge in [-0.05, 0) is 66.5 Å². The summed E-state index contributed by atoms with van der Waals surface area (Å²) in [4.78, 5) is 27.0. The molecule has 0 radical (unpaired) electrons. The molecule has 7 heteroatoms. The summed E-state index contributed by atoms with van der Waals surface area (Å²) in [5, 5.41) is 2.66. The fraction of sp³-hybridized carbons (Fsp3) is 0.261. The van der Waals surface area contributed by atoms with Crippen LogP contribution in [-0.2, 0) is 9.59 Å². The van der Waals surface area contributed by atoms with Gasteiger partial charge in [0.2, 0.25) is 0 Å². The van der Waals surface area contributed by atoms with Crippen molar-refractivity contribution >= 4 is 40.9 Å². The lowest BCUT2D eigenvalue weighted by molar-refractivity contribution is -0.122. The summed E-state index contributed by atoms with van der Waals surface area (Å²) in [5.41, 5.74) is 2.37. The molecule has 1 aliphatic heterocycles. The minimum absolute atomic E-state index is 0.0113. The number of carbonyl (C=O) groups is 2. The molecule has 2 aromatic carbocycles. The van der Waals surface area contributed by atoms with E-state index in [-0.39, 0.29) is 10.7 Å². The lowest BCUT2D eigenvalue weighted by atomic mass is 10.0. The molecule has 1 heterocycles. The molecule has 156 valence electrons. The molecule has 1 aliphatic rings. The largest absolute Gasteiger partial charge is 0.493 e. The predicted octanol–water partition coefficient (Wildman–Crippen LogP) is 4.05. The summed E-state index contributed by atoms with van der Waals surface area (Å²) in [6.07, 6.45) is 1.52. The zero-order chi connectivity index (χ0) is 21.8. The molecule has 0 aliphatic carbocycles. The van der Waals surface area contributed by atoms with Gasteiger partial charge in [0.1, 0.15) is 5.57 Å². The minimum atomic E-state index is -0.534. The van der Waals surface area contributed by atoms with Crippen molar-refractivity contribution in [1.29, 1.82) is 0 Å². The molecule has 1 saturated heterocycles. The Labute approximate surface area is 181 Å². The number of nitrogens with zero attached hydrogens (tertiary/aromatic N) is 1. The Morgan fingerprint density at radius 3 is 2.40 bits per heavy atom. The second-order valence-corrected chi connectivity index (χ2v) is 7.43. The number of amides is 2. The lowest BCUT2D eigenvalue weighted by Gasteiger charge is -2.29. The van der Waals surface area contributed by atoms with E-state index in [0.29, 0.717) is 35.3 Å². The first-order valence-corrected chi connectivity index (χ1v) is 10.1. The predicted molar refractivity (Wildman–Crippen MR) is 121 cm³/mol. The highest BCUT2D eigenvalue weighted by Crippen LogP contribution is 2.30. The summed E-state index contributed by atoms with van der Waals surface area (Å²) in [6.45, 7) is 6.57. The third-order valence-corrected chi connectivity index (χ3v) is 5.00. The Hall–Kier alpha value is -3.19. The van der Waals surface area contributed by atoms with Crippen LogP contribution in [-0.4, -0.2) is 30.6 Å². The van der Waals surface area contributed by atoms with E-state index in [1.165, 1.54) is 18.1 Å². The van der Waals surface area contributed by atoms with Gasteiger partial charge in [-0.2, -0.15) is 0 Å². The van der Waals surface area contributed by atoms with E-state index in [9.17, 15) is 9.59 Å². The molecule has 0 bridgehead atoms. The Balaban J connectivity index is 1.96. The maximum absolute atomic E-state index is 13.1. The second-order valence-electron chi connectivity index (χ2n) is 7.05. The summed E-state index contributed by atoms with van der Waals surface area (Å²) >= 11 is 5.26. The monoisotopic (exact) mass is 424 g/mol. The molecule has 2 aromatic rings. The number of nitrogens with one attached hydrogen (secondary N) is 1. The van der Waals surface area contributed by atoms with Gasteiger partial charge in [-0.15, -0.1) is 0 Å². The quantitative estimate of drug-likeness (QED) is 0.431. The zero-order valence-electron chi connectivity index (χ0n) is 17.4. The van der Waals surface area contributed by atoms with Gasteiger partial charge in [0.05, 0.1) is 19.4 Å². The van der Waals surface area contributed by atoms with Gasteiger partial charge >= 0.3 is 0 Å². The molecular formula is C23H24N2O4S. The van der Waals surface area contributed by atoms with Crippen molar-refractivity contribution in [3.05, 3.63) is 59.2 Å². The average Bonchev–Trinajstić information content (AvgIpc) is 2.72. The first-order valence-electron chi connectivity index (χ1n) is 9.68. The maximum atomic E-state index is 13.1. The van der Waals surface area contributed by atoms with E-state index in [1.807, 2.05) is 31.2 Å². The van der Waals surface area contributed by atoms with Gasteiger partial charge in [0.25, 0.3) is 11.8 Å². The highest BCUT2D eigenvalue weighted by Gasteiger charge is 2.34. The van der Waals surface area contributed by atoms with Crippen LogP contribution in [0.1, 0.15) is 37.8 Å². The number of methoxy groups -OCH3 is 1. The van der Waals surface area contributed by atoms with Gasteiger partial charge < -0.3 is 9.47 Å². The molecule has 1 fully saturated rings. The fourth-order valence-electron chi connectivity index (χ4n) is 3.12. The van der Waals surface area contributed by atoms with E-state index in [4.69, 9.17) is 21.7 Å². The van der Waals surface area contributed by atoms with E-state index >= 15 is 0 Å². The average molecular weight is 425 g/mol. The summed E-state index contributed by atoms with van der Waals surface area (Å²) in [7, 11) is 1.54. The topological polar surface area (TPSA) is 67.9 Å². The summed E-state index contributed by atoms with van der Waals surface area (Å²) in [6, 6.07) is 12.8. The highest BCUT2D eigenvalue weighted by atomic mass is 32.1. The molecule has 6 nitrogen and oxygen atoms in total. The van der Waals surface area contributed by atoms with Crippen LogP contribution in [0.4, 0.5) is 5.69 Å². The molecular weight excluding hydrogens is 400 g/mol. The van der Waals surface area contributed by atoms with E-state index < -0.39 is 11.8 Å². The number of hydrogen-bond acceptors (Lipinski definition) is 5. The first kappa shape index (κ1) is 21.5. The van der Waals surface area contributed by atoms with Gasteiger partial charge in [-0.3, -0.25) is 19.8 Å². The number of carbonyl (C=O) groups excluding carboxylic acids is 2. The Morgan fingerprint density at radius 1 is 1.10 bits per heavy atom. The highest BCUT2D eigenvalue weighted by molar-refractivity contribution is 7.80. The van der Waals surface area contributed by atoms with Crippen LogP contribution in [0.25, 0.3) is 6.08 Å². The Morgan fingerprint density at radius 2 is 1.80 bits per heavy atom. The zero-order valence-corrected chi connectivity index (χ0v) is 18.2. The van der Waals surface area contributed by atoms with Crippen molar-refractivity contribution in [3.8, 4) is 11.5 Å². The Bertz CT molecular complexity index is 1010. The first-order chi connectivity index (χ1) is 14.3. The van der Waals surface area contributed by atoms with Crippen molar-refractivity contribution in [2.24, 2.45) is 0 Å². The number of rotatable bonds is 6. The van der Waals surface area contributed by atoms with Gasteiger partial charge in [0, 0.05) is 0 Å². The smallest absolute Gasteiger partial charge is 0.270 e. The maximum Gasteiger partial charge on any atom is 0.270 e.